The van der Waals surface area contributed by atoms with E-state index in [1.54, 1.807) is 42.5 Å². The van der Waals surface area contributed by atoms with E-state index in [0.717, 1.165) is 15.4 Å². The number of hydrogen-bond donors (Lipinski definition) is 2. The number of hydrogen-bond acceptors (Lipinski definition) is 5. The second-order valence-corrected chi connectivity index (χ2v) is 10.5. The van der Waals surface area contributed by atoms with E-state index < -0.39 is 10.0 Å². The van der Waals surface area contributed by atoms with Gasteiger partial charge in [0.15, 0.2) is 0 Å². The molecule has 0 bridgehead atoms. The van der Waals surface area contributed by atoms with Gasteiger partial charge in [0.2, 0.25) is 10.0 Å². The lowest BCUT2D eigenvalue weighted by molar-refractivity contribution is 0.0935. The normalized spacial score (nSPS) is 12.4. The Morgan fingerprint density at radius 3 is 2.19 bits per heavy atom. The molecular weight excluding hydrogens is 446 g/mol. The van der Waals surface area contributed by atoms with E-state index >= 15 is 0 Å². The number of nitrogens with one attached hydrogen (secondary N) is 2. The van der Waals surface area contributed by atoms with Gasteiger partial charge in [0.1, 0.15) is 0 Å². The van der Waals surface area contributed by atoms with E-state index in [9.17, 15) is 18.0 Å². The highest BCUT2D eigenvalue weighted by atomic mass is 32.2. The van der Waals surface area contributed by atoms with Crippen molar-refractivity contribution in [3.8, 4) is 0 Å². The molecule has 3 aromatic rings. The van der Waals surface area contributed by atoms with E-state index in [2.05, 4.69) is 10.6 Å². The summed E-state index contributed by atoms with van der Waals surface area (Å²) in [4.78, 5) is 25.5. The zero-order valence-corrected chi connectivity index (χ0v) is 19.7. The van der Waals surface area contributed by atoms with E-state index in [0.29, 0.717) is 17.0 Å². The van der Waals surface area contributed by atoms with Crippen LogP contribution in [0.1, 0.15) is 44.1 Å². The minimum absolute atomic E-state index is 0.125. The number of carbonyl (C=O) groups excluding carboxylic acids is 2. The zero-order valence-electron chi connectivity index (χ0n) is 18.0. The smallest absolute Gasteiger partial charge is 0.261 e. The number of nitrogens with zero attached hydrogens (tertiary/aromatic N) is 1. The number of amides is 2. The quantitative estimate of drug-likeness (QED) is 0.526. The fourth-order valence-corrected chi connectivity index (χ4v) is 4.50. The first-order valence-electron chi connectivity index (χ1n) is 9.92. The van der Waals surface area contributed by atoms with Gasteiger partial charge in [-0.3, -0.25) is 9.59 Å². The zero-order chi connectivity index (χ0) is 23.3. The van der Waals surface area contributed by atoms with Gasteiger partial charge in [0.25, 0.3) is 11.8 Å². The van der Waals surface area contributed by atoms with Crippen LogP contribution >= 0.6 is 11.3 Å². The van der Waals surface area contributed by atoms with Gasteiger partial charge in [-0.2, -0.15) is 0 Å². The van der Waals surface area contributed by atoms with Crippen molar-refractivity contribution in [3.05, 3.63) is 87.6 Å². The molecule has 0 saturated heterocycles. The van der Waals surface area contributed by atoms with Crippen LogP contribution in [0.5, 0.6) is 0 Å². The Hall–Kier alpha value is -3.01. The molecule has 9 heteroatoms. The molecule has 0 aliphatic carbocycles. The molecule has 3 rings (SSSR count). The molecule has 0 fully saturated rings. The van der Waals surface area contributed by atoms with Gasteiger partial charge in [-0.15, -0.1) is 11.3 Å². The molecular formula is C23H25N3O4S2. The highest BCUT2D eigenvalue weighted by Crippen LogP contribution is 2.19. The molecule has 0 aliphatic rings. The van der Waals surface area contributed by atoms with Crippen molar-refractivity contribution < 1.29 is 18.0 Å². The molecule has 2 amide bonds. The van der Waals surface area contributed by atoms with Crippen LogP contribution < -0.4 is 10.6 Å². The predicted octanol–water partition coefficient (Wildman–Crippen LogP) is 3.42. The number of benzene rings is 2. The summed E-state index contributed by atoms with van der Waals surface area (Å²) in [7, 11) is -0.530. The van der Waals surface area contributed by atoms with Crippen LogP contribution in [0.2, 0.25) is 0 Å². The summed E-state index contributed by atoms with van der Waals surface area (Å²) in [6.07, 6.45) is 0. The van der Waals surface area contributed by atoms with E-state index in [-0.39, 0.29) is 22.8 Å². The highest BCUT2D eigenvalue weighted by molar-refractivity contribution is 7.89. The highest BCUT2D eigenvalue weighted by Gasteiger charge is 2.18. The first-order valence-corrected chi connectivity index (χ1v) is 12.2. The van der Waals surface area contributed by atoms with Crippen LogP contribution in [0.25, 0.3) is 0 Å². The summed E-state index contributed by atoms with van der Waals surface area (Å²) in [6.45, 7) is 2.21. The first-order chi connectivity index (χ1) is 15.2. The Morgan fingerprint density at radius 2 is 1.62 bits per heavy atom. The van der Waals surface area contributed by atoms with Gasteiger partial charge in [0.05, 0.1) is 15.8 Å². The summed E-state index contributed by atoms with van der Waals surface area (Å²) in [5.74, 6) is -0.364. The predicted molar refractivity (Wildman–Crippen MR) is 125 cm³/mol. The SMILES string of the molecule is CC(NC(=O)c1ccc(CNC(=O)c2cccs2)cc1)c1ccc(S(=O)(=O)N(C)C)cc1. The molecule has 0 saturated carbocycles. The third-order valence-corrected chi connectivity index (χ3v) is 7.62. The molecule has 0 spiro atoms. The third-order valence-electron chi connectivity index (χ3n) is 4.92. The number of carbonyl (C=O) groups is 2. The number of thiophene rings is 1. The Bertz CT molecular complexity index is 1170. The van der Waals surface area contributed by atoms with Crippen molar-refractivity contribution in [1.29, 1.82) is 0 Å². The second kappa shape index (κ2) is 10.1. The van der Waals surface area contributed by atoms with Crippen LogP contribution in [0.3, 0.4) is 0 Å². The molecule has 1 atom stereocenters. The fourth-order valence-electron chi connectivity index (χ4n) is 2.95. The van der Waals surface area contributed by atoms with Crippen LogP contribution in [0.4, 0.5) is 0 Å². The van der Waals surface area contributed by atoms with Gasteiger partial charge in [-0.25, -0.2) is 12.7 Å². The maximum atomic E-state index is 12.6. The van der Waals surface area contributed by atoms with Gasteiger partial charge >= 0.3 is 0 Å². The Kier molecular flexibility index (Phi) is 7.44. The van der Waals surface area contributed by atoms with Gasteiger partial charge in [-0.1, -0.05) is 30.3 Å². The maximum absolute atomic E-state index is 12.6. The summed E-state index contributed by atoms with van der Waals surface area (Å²) in [5.41, 5.74) is 2.18. The van der Waals surface area contributed by atoms with Gasteiger partial charge in [0, 0.05) is 26.2 Å². The monoisotopic (exact) mass is 471 g/mol. The summed E-state index contributed by atoms with van der Waals surface area (Å²) >= 11 is 1.38. The molecule has 2 N–H and O–H groups in total. The lowest BCUT2D eigenvalue weighted by atomic mass is 10.1. The molecule has 2 aromatic carbocycles. The second-order valence-electron chi connectivity index (χ2n) is 7.41. The fraction of sp³-hybridized carbons (Fsp3) is 0.217. The summed E-state index contributed by atoms with van der Waals surface area (Å²) in [6, 6.07) is 16.8. The third kappa shape index (κ3) is 5.61. The number of sulfonamides is 1. The van der Waals surface area contributed by atoms with E-state index in [4.69, 9.17) is 0 Å². The van der Waals surface area contributed by atoms with Gasteiger partial charge in [-0.05, 0) is 53.8 Å². The Labute approximate surface area is 192 Å². The maximum Gasteiger partial charge on any atom is 0.261 e. The molecule has 1 heterocycles. The molecule has 0 aliphatic heterocycles. The molecule has 0 radical (unpaired) electrons. The minimum Gasteiger partial charge on any atom is -0.347 e. The van der Waals surface area contributed by atoms with E-state index in [1.807, 2.05) is 18.4 Å². The molecule has 32 heavy (non-hydrogen) atoms. The van der Waals surface area contributed by atoms with Crippen LogP contribution in [-0.4, -0.2) is 38.6 Å². The van der Waals surface area contributed by atoms with Crippen molar-refractivity contribution in [3.63, 3.8) is 0 Å². The minimum atomic E-state index is -3.49. The van der Waals surface area contributed by atoms with Crippen molar-refractivity contribution in [2.24, 2.45) is 0 Å². The average Bonchev–Trinajstić information content (AvgIpc) is 3.33. The molecule has 1 aromatic heterocycles. The van der Waals surface area contributed by atoms with Crippen molar-refractivity contribution in [1.82, 2.24) is 14.9 Å². The largest absolute Gasteiger partial charge is 0.347 e. The Morgan fingerprint density at radius 1 is 0.969 bits per heavy atom. The van der Waals surface area contributed by atoms with Crippen LogP contribution in [0, 0.1) is 0 Å². The topological polar surface area (TPSA) is 95.6 Å². The standard InChI is InChI=1S/C23H25N3O4S2/c1-16(18-10-12-20(13-11-18)32(29,30)26(2)3)25-22(27)19-8-6-17(7-9-19)15-24-23(28)21-5-4-14-31-21/h4-14,16H,15H2,1-3H3,(H,24,28)(H,25,27). The Balaban J connectivity index is 1.57. The van der Waals surface area contributed by atoms with E-state index in [1.165, 1.54) is 37.6 Å². The average molecular weight is 472 g/mol. The van der Waals surface area contributed by atoms with Crippen LogP contribution in [-0.2, 0) is 16.6 Å². The van der Waals surface area contributed by atoms with Crippen LogP contribution in [0.15, 0.2) is 70.9 Å². The molecule has 7 nitrogen and oxygen atoms in total. The summed E-state index contributed by atoms with van der Waals surface area (Å²) < 4.78 is 25.5. The van der Waals surface area contributed by atoms with Crippen molar-refractivity contribution in [2.75, 3.05) is 14.1 Å². The number of rotatable bonds is 8. The lowest BCUT2D eigenvalue weighted by Crippen LogP contribution is -2.27. The molecule has 168 valence electrons. The molecule has 1 unspecified atom stereocenters. The van der Waals surface area contributed by atoms with Crippen molar-refractivity contribution in [2.45, 2.75) is 24.4 Å². The lowest BCUT2D eigenvalue weighted by Gasteiger charge is -2.16. The van der Waals surface area contributed by atoms with Crippen molar-refractivity contribution >= 4 is 33.2 Å². The first kappa shape index (κ1) is 23.6. The summed E-state index contributed by atoms with van der Waals surface area (Å²) in [5, 5.41) is 7.62. The van der Waals surface area contributed by atoms with Gasteiger partial charge < -0.3 is 10.6 Å².